The molecular weight excluding hydrogens is 538 g/mol. The SMILES string of the molecule is Oc1c(O)c(-c2cccc3oc4cnccc4c23)c(O)c(O)c1-c1c2ccccc2c(-c2ccccc2)c2ccccc12. The molecule has 0 unspecified atom stereocenters. The van der Waals surface area contributed by atoms with E-state index in [0.717, 1.165) is 38.1 Å². The van der Waals surface area contributed by atoms with Gasteiger partial charge in [-0.05, 0) is 44.8 Å². The van der Waals surface area contributed by atoms with E-state index in [1.807, 2.05) is 78.9 Å². The van der Waals surface area contributed by atoms with Crippen LogP contribution in [0.5, 0.6) is 23.0 Å². The van der Waals surface area contributed by atoms with E-state index in [9.17, 15) is 20.4 Å². The third kappa shape index (κ3) is 3.50. The molecule has 206 valence electrons. The fraction of sp³-hybridized carbons (Fsp3) is 0. The first-order valence-electron chi connectivity index (χ1n) is 13.8. The summed E-state index contributed by atoms with van der Waals surface area (Å²) in [6, 6.07) is 32.5. The van der Waals surface area contributed by atoms with Crippen LogP contribution in [0.15, 0.2) is 120 Å². The minimum atomic E-state index is -0.554. The molecular formula is C37H23NO5. The summed E-state index contributed by atoms with van der Waals surface area (Å²) >= 11 is 0. The molecule has 6 heteroatoms. The van der Waals surface area contributed by atoms with Crippen LogP contribution in [0.4, 0.5) is 0 Å². The van der Waals surface area contributed by atoms with Gasteiger partial charge in [0.15, 0.2) is 28.6 Å². The van der Waals surface area contributed by atoms with Crippen molar-refractivity contribution in [1.82, 2.24) is 4.98 Å². The van der Waals surface area contributed by atoms with E-state index < -0.39 is 23.0 Å². The average Bonchev–Trinajstić information content (AvgIpc) is 3.43. The van der Waals surface area contributed by atoms with Gasteiger partial charge in [-0.15, -0.1) is 0 Å². The minimum Gasteiger partial charge on any atom is -0.504 e. The standard InChI is InChI=1S/C37H23NO5/c39-34-32(26-15-8-16-27-30(26)25-17-18-38-19-28(25)43-27)35(40)37(42)33(36(34)41)31-23-13-6-4-11-21(23)29(20-9-2-1-3-10-20)22-12-5-7-14-24(22)31/h1-19,39-42H. The lowest BCUT2D eigenvalue weighted by atomic mass is 9.84. The van der Waals surface area contributed by atoms with E-state index in [1.54, 1.807) is 36.7 Å². The maximum absolute atomic E-state index is 11.7. The number of nitrogens with zero attached hydrogens (tertiary/aromatic N) is 1. The topological polar surface area (TPSA) is 107 Å². The van der Waals surface area contributed by atoms with E-state index >= 15 is 0 Å². The van der Waals surface area contributed by atoms with Crippen LogP contribution < -0.4 is 0 Å². The Morgan fingerprint density at radius 2 is 1.00 bits per heavy atom. The van der Waals surface area contributed by atoms with Crippen LogP contribution in [-0.2, 0) is 0 Å². The van der Waals surface area contributed by atoms with Gasteiger partial charge in [0.2, 0.25) is 0 Å². The fourth-order valence-corrected chi connectivity index (χ4v) is 6.39. The van der Waals surface area contributed by atoms with Crippen LogP contribution in [0, 0.1) is 0 Å². The van der Waals surface area contributed by atoms with Crippen LogP contribution in [0.2, 0.25) is 0 Å². The predicted octanol–water partition coefficient (Wildman–Crippen LogP) is 9.11. The lowest BCUT2D eigenvalue weighted by Gasteiger charge is -2.21. The van der Waals surface area contributed by atoms with Crippen LogP contribution in [0.25, 0.3) is 76.9 Å². The largest absolute Gasteiger partial charge is 0.504 e. The van der Waals surface area contributed by atoms with E-state index in [0.29, 0.717) is 27.7 Å². The highest BCUT2D eigenvalue weighted by atomic mass is 16.3. The molecule has 0 saturated carbocycles. The van der Waals surface area contributed by atoms with Crippen molar-refractivity contribution >= 4 is 43.5 Å². The van der Waals surface area contributed by atoms with Crippen molar-refractivity contribution in [3.63, 3.8) is 0 Å². The second-order valence-corrected chi connectivity index (χ2v) is 10.5. The molecule has 0 bridgehead atoms. The number of hydrogen-bond donors (Lipinski definition) is 4. The summed E-state index contributed by atoms with van der Waals surface area (Å²) in [5.41, 5.74) is 3.80. The summed E-state index contributed by atoms with van der Waals surface area (Å²) in [7, 11) is 0. The zero-order valence-electron chi connectivity index (χ0n) is 22.6. The maximum Gasteiger partial charge on any atom is 0.170 e. The molecule has 0 fully saturated rings. The fourth-order valence-electron chi connectivity index (χ4n) is 6.39. The predicted molar refractivity (Wildman–Crippen MR) is 169 cm³/mol. The first-order valence-corrected chi connectivity index (χ1v) is 13.8. The van der Waals surface area contributed by atoms with Gasteiger partial charge in [-0.3, -0.25) is 4.98 Å². The summed E-state index contributed by atoms with van der Waals surface area (Å²) in [4.78, 5) is 4.12. The first kappa shape index (κ1) is 24.8. The van der Waals surface area contributed by atoms with Gasteiger partial charge in [-0.1, -0.05) is 91.0 Å². The monoisotopic (exact) mass is 561 g/mol. The highest BCUT2D eigenvalue weighted by Gasteiger charge is 2.30. The summed E-state index contributed by atoms with van der Waals surface area (Å²) in [5, 5.41) is 51.1. The number of furan rings is 1. The number of fused-ring (bicyclic) bond motifs is 5. The van der Waals surface area contributed by atoms with Gasteiger partial charge in [-0.2, -0.15) is 0 Å². The van der Waals surface area contributed by atoms with Gasteiger partial charge < -0.3 is 24.8 Å². The highest BCUT2D eigenvalue weighted by Crippen LogP contribution is 2.58. The number of phenolic OH excluding ortho intramolecular Hbond substituents is 4. The molecule has 6 aromatic carbocycles. The Morgan fingerprint density at radius 3 is 1.63 bits per heavy atom. The molecule has 0 saturated heterocycles. The maximum atomic E-state index is 11.7. The molecule has 0 aliphatic heterocycles. The number of hydrogen-bond acceptors (Lipinski definition) is 6. The van der Waals surface area contributed by atoms with Crippen molar-refractivity contribution in [3.8, 4) is 56.4 Å². The smallest absolute Gasteiger partial charge is 0.170 e. The lowest BCUT2D eigenvalue weighted by molar-refractivity contribution is 0.378. The molecule has 0 spiro atoms. The van der Waals surface area contributed by atoms with Gasteiger partial charge in [-0.25, -0.2) is 0 Å². The van der Waals surface area contributed by atoms with E-state index in [1.165, 1.54) is 0 Å². The Morgan fingerprint density at radius 1 is 0.442 bits per heavy atom. The molecule has 2 heterocycles. The second-order valence-electron chi connectivity index (χ2n) is 10.5. The third-order valence-electron chi connectivity index (χ3n) is 8.21. The number of pyridine rings is 1. The minimum absolute atomic E-state index is 0.0563. The molecule has 8 rings (SSSR count). The molecule has 2 aromatic heterocycles. The number of aromatic hydroxyl groups is 4. The van der Waals surface area contributed by atoms with Gasteiger partial charge >= 0.3 is 0 Å². The Balaban J connectivity index is 1.48. The zero-order valence-corrected chi connectivity index (χ0v) is 22.6. The number of rotatable bonds is 3. The Labute approximate surface area is 245 Å². The summed E-state index contributed by atoms with van der Waals surface area (Å²) < 4.78 is 5.94. The normalized spacial score (nSPS) is 11.6. The molecule has 6 nitrogen and oxygen atoms in total. The van der Waals surface area contributed by atoms with Crippen molar-refractivity contribution < 1.29 is 24.8 Å². The Kier molecular flexibility index (Phi) is 5.33. The van der Waals surface area contributed by atoms with Crippen LogP contribution in [-0.4, -0.2) is 25.4 Å². The quantitative estimate of drug-likeness (QED) is 0.0974. The van der Waals surface area contributed by atoms with E-state index in [2.05, 4.69) is 4.98 Å². The van der Waals surface area contributed by atoms with Gasteiger partial charge in [0.25, 0.3) is 0 Å². The molecule has 8 aromatic rings. The number of phenols is 4. The van der Waals surface area contributed by atoms with Crippen molar-refractivity contribution in [2.24, 2.45) is 0 Å². The highest BCUT2D eigenvalue weighted by molar-refractivity contribution is 6.23. The van der Waals surface area contributed by atoms with Crippen LogP contribution in [0.3, 0.4) is 0 Å². The van der Waals surface area contributed by atoms with Crippen molar-refractivity contribution in [3.05, 3.63) is 116 Å². The van der Waals surface area contributed by atoms with Crippen LogP contribution >= 0.6 is 0 Å². The molecule has 0 aliphatic carbocycles. The first-order chi connectivity index (χ1) is 21.0. The van der Waals surface area contributed by atoms with Gasteiger partial charge in [0.1, 0.15) is 5.58 Å². The zero-order chi connectivity index (χ0) is 29.2. The Hall–Kier alpha value is -6.01. The summed E-state index contributed by atoms with van der Waals surface area (Å²) in [6.07, 6.45) is 3.22. The summed E-state index contributed by atoms with van der Waals surface area (Å²) in [6.45, 7) is 0. The molecule has 0 aliphatic rings. The molecule has 4 N–H and O–H groups in total. The summed E-state index contributed by atoms with van der Waals surface area (Å²) in [5.74, 6) is -2.19. The number of benzene rings is 6. The average molecular weight is 562 g/mol. The molecule has 0 atom stereocenters. The number of aromatic nitrogens is 1. The van der Waals surface area contributed by atoms with Crippen LogP contribution in [0.1, 0.15) is 0 Å². The van der Waals surface area contributed by atoms with Crippen molar-refractivity contribution in [2.45, 2.75) is 0 Å². The van der Waals surface area contributed by atoms with E-state index in [4.69, 9.17) is 4.42 Å². The molecule has 0 amide bonds. The molecule has 43 heavy (non-hydrogen) atoms. The van der Waals surface area contributed by atoms with Crippen molar-refractivity contribution in [1.29, 1.82) is 0 Å². The van der Waals surface area contributed by atoms with Gasteiger partial charge in [0.05, 0.1) is 17.3 Å². The third-order valence-corrected chi connectivity index (χ3v) is 8.21. The lowest BCUT2D eigenvalue weighted by Crippen LogP contribution is -1.93. The van der Waals surface area contributed by atoms with Gasteiger partial charge in [0, 0.05) is 28.1 Å². The Bertz CT molecular complexity index is 2310. The molecule has 0 radical (unpaired) electrons. The van der Waals surface area contributed by atoms with Crippen molar-refractivity contribution in [2.75, 3.05) is 0 Å². The second kappa shape index (κ2) is 9.26. The van der Waals surface area contributed by atoms with E-state index in [-0.39, 0.29) is 11.1 Å².